The summed E-state index contributed by atoms with van der Waals surface area (Å²) in [4.78, 5) is 19.5. The third kappa shape index (κ3) is 4.53. The predicted octanol–water partition coefficient (Wildman–Crippen LogP) is 3.96. The molecule has 1 aliphatic rings. The quantitative estimate of drug-likeness (QED) is 0.477. The number of hydrogen-bond acceptors (Lipinski definition) is 6. The summed E-state index contributed by atoms with van der Waals surface area (Å²) in [5.41, 5.74) is 1.56. The molecular weight excluding hydrogens is 451 g/mol. The maximum Gasteiger partial charge on any atom is 0.416 e. The molecule has 0 amide bonds. The van der Waals surface area contributed by atoms with Gasteiger partial charge in [-0.1, -0.05) is 12.1 Å². The van der Waals surface area contributed by atoms with Gasteiger partial charge in [-0.15, -0.1) is 11.3 Å². The number of benzene rings is 1. The average Bonchev–Trinajstić information content (AvgIpc) is 3.18. The number of nitrogens with zero attached hydrogens (tertiary/aromatic N) is 4. The number of aromatic nitrogens is 4. The highest BCUT2D eigenvalue weighted by Gasteiger charge is 2.30. The molecule has 0 aliphatic heterocycles. The van der Waals surface area contributed by atoms with Crippen molar-refractivity contribution in [1.82, 2.24) is 25.1 Å². The lowest BCUT2D eigenvalue weighted by atomic mass is 9.93. The molecule has 3 heterocycles. The molecule has 10 heteroatoms. The fraction of sp³-hybridized carbons (Fsp3) is 0.304. The van der Waals surface area contributed by atoms with E-state index < -0.39 is 11.7 Å². The number of halogens is 3. The summed E-state index contributed by atoms with van der Waals surface area (Å²) < 4.78 is 40.5. The monoisotopic (exact) mass is 471 g/mol. The van der Waals surface area contributed by atoms with E-state index in [1.54, 1.807) is 18.5 Å². The number of alkyl halides is 3. The van der Waals surface area contributed by atoms with Crippen LogP contribution in [0.2, 0.25) is 0 Å². The number of fused-ring (bicyclic) bond motifs is 3. The number of nitrogens with one attached hydrogen (secondary N) is 1. The molecule has 0 spiro atoms. The Balaban J connectivity index is 1.37. The predicted molar refractivity (Wildman–Crippen MR) is 119 cm³/mol. The summed E-state index contributed by atoms with van der Waals surface area (Å²) in [6, 6.07) is 7.25. The van der Waals surface area contributed by atoms with Crippen molar-refractivity contribution in [2.75, 3.05) is 0 Å². The van der Waals surface area contributed by atoms with Gasteiger partial charge in [0.15, 0.2) is 0 Å². The van der Waals surface area contributed by atoms with Gasteiger partial charge >= 0.3 is 6.18 Å². The van der Waals surface area contributed by atoms with Crippen molar-refractivity contribution in [3.8, 4) is 0 Å². The molecule has 1 aliphatic carbocycles. The average molecular weight is 472 g/mol. The van der Waals surface area contributed by atoms with Crippen LogP contribution in [0.5, 0.6) is 0 Å². The minimum Gasteiger partial charge on any atom is -0.309 e. The molecule has 1 unspecified atom stereocenters. The van der Waals surface area contributed by atoms with E-state index in [0.717, 1.165) is 47.4 Å². The topological polar surface area (TPSA) is 72.7 Å². The van der Waals surface area contributed by atoms with Crippen molar-refractivity contribution in [2.45, 2.75) is 44.6 Å². The fourth-order valence-electron chi connectivity index (χ4n) is 4.22. The van der Waals surface area contributed by atoms with E-state index in [4.69, 9.17) is 0 Å². The summed E-state index contributed by atoms with van der Waals surface area (Å²) in [5.74, 6) is 0. The standard InChI is InChI=1S/C23H20F3N5OS/c24-23(25,26)16-3-1-2-14(8-16)12-31-13-28-21-20(22(31)32)18-5-4-17(9-19(18)33-21)27-10-15-6-7-29-30-11-15/h1-3,6-8,11,13,17,27H,4-5,9-10,12H2. The summed E-state index contributed by atoms with van der Waals surface area (Å²) in [6.07, 6.45) is 2.86. The Kier molecular flexibility index (Phi) is 5.71. The van der Waals surface area contributed by atoms with Crippen LogP contribution in [0.4, 0.5) is 13.2 Å². The molecule has 1 atom stereocenters. The first-order valence-corrected chi connectivity index (χ1v) is 11.3. The number of aryl methyl sites for hydroxylation is 1. The summed E-state index contributed by atoms with van der Waals surface area (Å²) in [5, 5.41) is 11.8. The normalized spacial score (nSPS) is 16.2. The zero-order valence-electron chi connectivity index (χ0n) is 17.5. The maximum atomic E-state index is 13.2. The van der Waals surface area contributed by atoms with Gasteiger partial charge in [0.05, 0.1) is 30.0 Å². The summed E-state index contributed by atoms with van der Waals surface area (Å²) in [6.45, 7) is 0.739. The van der Waals surface area contributed by atoms with E-state index >= 15 is 0 Å². The Bertz CT molecular complexity index is 1350. The Hall–Kier alpha value is -3.11. The van der Waals surface area contributed by atoms with Crippen molar-refractivity contribution in [3.05, 3.63) is 86.5 Å². The van der Waals surface area contributed by atoms with Crippen LogP contribution >= 0.6 is 11.3 Å². The van der Waals surface area contributed by atoms with Gasteiger partial charge in [-0.2, -0.15) is 23.4 Å². The van der Waals surface area contributed by atoms with Crippen molar-refractivity contribution in [3.63, 3.8) is 0 Å². The van der Waals surface area contributed by atoms with Crippen molar-refractivity contribution < 1.29 is 13.2 Å². The summed E-state index contributed by atoms with van der Waals surface area (Å²) >= 11 is 1.52. The maximum absolute atomic E-state index is 13.2. The van der Waals surface area contributed by atoms with Gasteiger partial charge in [0, 0.05) is 23.7 Å². The highest BCUT2D eigenvalue weighted by atomic mass is 32.1. The van der Waals surface area contributed by atoms with Crippen LogP contribution in [0.25, 0.3) is 10.2 Å². The van der Waals surface area contributed by atoms with Crippen molar-refractivity contribution >= 4 is 21.6 Å². The minimum absolute atomic E-state index is 0.0421. The third-order valence-electron chi connectivity index (χ3n) is 5.88. The molecule has 0 saturated carbocycles. The molecule has 0 bridgehead atoms. The zero-order chi connectivity index (χ0) is 23.0. The molecule has 1 aromatic carbocycles. The lowest BCUT2D eigenvalue weighted by molar-refractivity contribution is -0.137. The van der Waals surface area contributed by atoms with Crippen molar-refractivity contribution in [1.29, 1.82) is 0 Å². The Morgan fingerprint density at radius 3 is 2.85 bits per heavy atom. The smallest absolute Gasteiger partial charge is 0.309 e. The lowest BCUT2D eigenvalue weighted by Gasteiger charge is -2.23. The van der Waals surface area contributed by atoms with Crippen LogP contribution in [-0.2, 0) is 32.1 Å². The van der Waals surface area contributed by atoms with E-state index in [1.807, 2.05) is 6.07 Å². The molecule has 33 heavy (non-hydrogen) atoms. The van der Waals surface area contributed by atoms with Gasteiger partial charge in [0.1, 0.15) is 4.83 Å². The van der Waals surface area contributed by atoms with Gasteiger partial charge in [-0.05, 0) is 54.2 Å². The van der Waals surface area contributed by atoms with Crippen LogP contribution in [-0.4, -0.2) is 25.8 Å². The van der Waals surface area contributed by atoms with Crippen LogP contribution < -0.4 is 10.9 Å². The third-order valence-corrected chi connectivity index (χ3v) is 7.05. The molecule has 0 radical (unpaired) electrons. The number of thiophene rings is 1. The Morgan fingerprint density at radius 2 is 2.06 bits per heavy atom. The van der Waals surface area contributed by atoms with Gasteiger partial charge in [-0.25, -0.2) is 4.98 Å². The van der Waals surface area contributed by atoms with Crippen LogP contribution in [0.3, 0.4) is 0 Å². The molecule has 4 aromatic rings. The largest absolute Gasteiger partial charge is 0.416 e. The highest BCUT2D eigenvalue weighted by molar-refractivity contribution is 7.18. The van der Waals surface area contributed by atoms with Crippen LogP contribution in [0, 0.1) is 0 Å². The molecular formula is C23H20F3N5OS. The molecule has 3 aromatic heterocycles. The first-order chi connectivity index (χ1) is 15.9. The summed E-state index contributed by atoms with van der Waals surface area (Å²) in [7, 11) is 0. The second kappa shape index (κ2) is 8.68. The van der Waals surface area contributed by atoms with Gasteiger partial charge < -0.3 is 5.32 Å². The van der Waals surface area contributed by atoms with E-state index in [2.05, 4.69) is 20.5 Å². The highest BCUT2D eigenvalue weighted by Crippen LogP contribution is 2.34. The number of hydrogen-bond donors (Lipinski definition) is 1. The van der Waals surface area contributed by atoms with E-state index in [9.17, 15) is 18.0 Å². The van der Waals surface area contributed by atoms with Crippen LogP contribution in [0.1, 0.15) is 33.6 Å². The van der Waals surface area contributed by atoms with Gasteiger partial charge in [0.25, 0.3) is 5.56 Å². The van der Waals surface area contributed by atoms with E-state index in [1.165, 1.54) is 28.3 Å². The Labute approximate surface area is 191 Å². The first-order valence-electron chi connectivity index (χ1n) is 10.5. The molecule has 0 fully saturated rings. The zero-order valence-corrected chi connectivity index (χ0v) is 18.3. The fourth-order valence-corrected chi connectivity index (χ4v) is 5.47. The van der Waals surface area contributed by atoms with E-state index in [0.29, 0.717) is 22.3 Å². The number of rotatable bonds is 5. The lowest BCUT2D eigenvalue weighted by Crippen LogP contribution is -2.33. The van der Waals surface area contributed by atoms with Gasteiger partial charge in [-0.3, -0.25) is 9.36 Å². The minimum atomic E-state index is -4.42. The van der Waals surface area contributed by atoms with E-state index in [-0.39, 0.29) is 18.1 Å². The molecule has 170 valence electrons. The second-order valence-electron chi connectivity index (χ2n) is 8.13. The first kappa shape index (κ1) is 21.7. The molecule has 1 N–H and O–H groups in total. The van der Waals surface area contributed by atoms with Crippen LogP contribution in [0.15, 0.2) is 53.8 Å². The molecule has 6 nitrogen and oxygen atoms in total. The van der Waals surface area contributed by atoms with Crippen molar-refractivity contribution in [2.24, 2.45) is 0 Å². The SMILES string of the molecule is O=c1c2c3c(sc2ncn1Cc1cccc(C(F)(F)F)c1)CC(NCc1ccnnc1)CC3. The Morgan fingerprint density at radius 1 is 1.18 bits per heavy atom. The second-order valence-corrected chi connectivity index (χ2v) is 9.21. The van der Waals surface area contributed by atoms with Gasteiger partial charge in [0.2, 0.25) is 0 Å². The molecule has 0 saturated heterocycles. The molecule has 5 rings (SSSR count).